The highest BCUT2D eigenvalue weighted by Gasteiger charge is 2.38. The zero-order valence-electron chi connectivity index (χ0n) is 18.4. The van der Waals surface area contributed by atoms with Crippen molar-refractivity contribution in [2.75, 3.05) is 17.1 Å². The zero-order valence-corrected chi connectivity index (χ0v) is 19.9. The number of carbonyl (C=O) groups excluding carboxylic acids is 1. The van der Waals surface area contributed by atoms with Crippen molar-refractivity contribution in [2.24, 2.45) is 5.92 Å². The van der Waals surface area contributed by atoms with E-state index in [0.29, 0.717) is 16.3 Å². The van der Waals surface area contributed by atoms with Gasteiger partial charge in [0.25, 0.3) is 10.0 Å². The van der Waals surface area contributed by atoms with Gasteiger partial charge in [-0.15, -0.1) is 0 Å². The molecule has 0 aromatic heterocycles. The average Bonchev–Trinajstić information content (AvgIpc) is 3.34. The lowest BCUT2D eigenvalue weighted by Gasteiger charge is -2.37. The van der Waals surface area contributed by atoms with E-state index < -0.39 is 10.0 Å². The SMILES string of the molecule is COC(=O)c1ccc([C@H]2Nc3ccc(S(=O)(=O)Nc4ccccc4Cl)cc3[C@H]3C=CC[C@H]32)cc1. The molecule has 0 amide bonds. The maximum absolute atomic E-state index is 13.1. The highest BCUT2D eigenvalue weighted by molar-refractivity contribution is 7.92. The molecule has 2 aliphatic rings. The van der Waals surface area contributed by atoms with Crippen molar-refractivity contribution in [2.45, 2.75) is 23.3 Å². The van der Waals surface area contributed by atoms with Crippen LogP contribution in [0.3, 0.4) is 0 Å². The van der Waals surface area contributed by atoms with Crippen LogP contribution in [0.2, 0.25) is 5.02 Å². The van der Waals surface area contributed by atoms with Crippen LogP contribution in [-0.4, -0.2) is 21.5 Å². The number of ether oxygens (including phenoxy) is 1. The molecule has 0 saturated heterocycles. The summed E-state index contributed by atoms with van der Waals surface area (Å²) >= 11 is 6.14. The summed E-state index contributed by atoms with van der Waals surface area (Å²) in [7, 11) is -2.45. The van der Waals surface area contributed by atoms with Crippen molar-refractivity contribution in [1.29, 1.82) is 0 Å². The third-order valence-electron chi connectivity index (χ3n) is 6.45. The molecule has 5 rings (SSSR count). The minimum absolute atomic E-state index is 0.0305. The van der Waals surface area contributed by atoms with Crippen molar-refractivity contribution in [3.63, 3.8) is 0 Å². The van der Waals surface area contributed by atoms with Gasteiger partial charge in [0, 0.05) is 11.6 Å². The molecule has 6 nitrogen and oxygen atoms in total. The molecule has 8 heteroatoms. The lowest BCUT2D eigenvalue weighted by atomic mass is 9.77. The molecule has 0 spiro atoms. The number of esters is 1. The number of benzene rings is 3. The van der Waals surface area contributed by atoms with E-state index in [1.165, 1.54) is 7.11 Å². The summed E-state index contributed by atoms with van der Waals surface area (Å²) in [6, 6.07) is 19.4. The Balaban J connectivity index is 1.46. The maximum atomic E-state index is 13.1. The van der Waals surface area contributed by atoms with E-state index in [0.717, 1.165) is 23.2 Å². The smallest absolute Gasteiger partial charge is 0.337 e. The quantitative estimate of drug-likeness (QED) is 0.348. The van der Waals surface area contributed by atoms with Crippen molar-refractivity contribution < 1.29 is 17.9 Å². The van der Waals surface area contributed by atoms with Gasteiger partial charge in [-0.3, -0.25) is 4.72 Å². The summed E-state index contributed by atoms with van der Waals surface area (Å²) in [5, 5.41) is 3.93. The predicted molar refractivity (Wildman–Crippen MR) is 133 cm³/mol. The van der Waals surface area contributed by atoms with E-state index in [9.17, 15) is 13.2 Å². The van der Waals surface area contributed by atoms with Gasteiger partial charge in [-0.05, 0) is 65.9 Å². The monoisotopic (exact) mass is 494 g/mol. The summed E-state index contributed by atoms with van der Waals surface area (Å²) in [6.45, 7) is 0. The van der Waals surface area contributed by atoms with E-state index in [1.807, 2.05) is 18.2 Å². The lowest BCUT2D eigenvalue weighted by Crippen LogP contribution is -2.29. The van der Waals surface area contributed by atoms with Gasteiger partial charge < -0.3 is 10.1 Å². The number of nitrogens with one attached hydrogen (secondary N) is 2. The summed E-state index contributed by atoms with van der Waals surface area (Å²) < 4.78 is 33.5. The van der Waals surface area contributed by atoms with E-state index in [1.54, 1.807) is 48.5 Å². The van der Waals surface area contributed by atoms with Crippen LogP contribution in [0.15, 0.2) is 83.8 Å². The largest absolute Gasteiger partial charge is 0.465 e. The lowest BCUT2D eigenvalue weighted by molar-refractivity contribution is 0.0600. The second-order valence-corrected chi connectivity index (χ2v) is 10.5. The second kappa shape index (κ2) is 8.81. The summed E-state index contributed by atoms with van der Waals surface area (Å²) in [5.41, 5.74) is 3.75. The van der Waals surface area contributed by atoms with Gasteiger partial charge in [-0.25, -0.2) is 13.2 Å². The molecule has 34 heavy (non-hydrogen) atoms. The van der Waals surface area contributed by atoms with Crippen molar-refractivity contribution in [3.05, 3.63) is 101 Å². The van der Waals surface area contributed by atoms with Crippen LogP contribution in [0.25, 0.3) is 0 Å². The van der Waals surface area contributed by atoms with Crippen LogP contribution in [0, 0.1) is 5.92 Å². The van der Waals surface area contributed by atoms with Gasteiger partial charge in [-0.1, -0.05) is 48.0 Å². The van der Waals surface area contributed by atoms with Gasteiger partial charge in [0.2, 0.25) is 0 Å². The number of allylic oxidation sites excluding steroid dienone is 2. The Hall–Kier alpha value is -3.29. The third kappa shape index (κ3) is 4.06. The highest BCUT2D eigenvalue weighted by Crippen LogP contribution is 2.50. The zero-order chi connectivity index (χ0) is 23.9. The Morgan fingerprint density at radius 3 is 2.59 bits per heavy atom. The first-order valence-corrected chi connectivity index (χ1v) is 12.8. The first-order valence-electron chi connectivity index (χ1n) is 10.9. The fraction of sp³-hybridized carbons (Fsp3) is 0.192. The number of halogens is 1. The Morgan fingerprint density at radius 2 is 1.85 bits per heavy atom. The summed E-state index contributed by atoms with van der Waals surface area (Å²) in [6.07, 6.45) is 5.17. The fourth-order valence-corrected chi connectivity index (χ4v) is 6.12. The first-order chi connectivity index (χ1) is 16.4. The van der Waals surface area contributed by atoms with E-state index >= 15 is 0 Å². The number of para-hydroxylation sites is 1. The number of methoxy groups -OCH3 is 1. The number of anilines is 2. The Labute approximate surface area is 203 Å². The minimum Gasteiger partial charge on any atom is -0.465 e. The van der Waals surface area contributed by atoms with Crippen LogP contribution in [0.1, 0.15) is 39.9 Å². The molecule has 3 aromatic rings. The Bertz CT molecular complexity index is 1390. The second-order valence-electron chi connectivity index (χ2n) is 8.42. The minimum atomic E-state index is -3.81. The van der Waals surface area contributed by atoms with Crippen LogP contribution < -0.4 is 10.0 Å². The Kier molecular flexibility index (Phi) is 5.83. The third-order valence-corrected chi connectivity index (χ3v) is 8.15. The molecule has 2 N–H and O–H groups in total. The van der Waals surface area contributed by atoms with E-state index in [4.69, 9.17) is 16.3 Å². The normalized spacial score (nSPS) is 20.7. The van der Waals surface area contributed by atoms with E-state index in [-0.39, 0.29) is 28.7 Å². The van der Waals surface area contributed by atoms with Crippen LogP contribution in [-0.2, 0) is 14.8 Å². The number of hydrogen-bond donors (Lipinski definition) is 2. The van der Waals surface area contributed by atoms with Crippen LogP contribution in [0.5, 0.6) is 0 Å². The predicted octanol–water partition coefficient (Wildman–Crippen LogP) is 5.75. The molecule has 3 atom stereocenters. The van der Waals surface area contributed by atoms with E-state index in [2.05, 4.69) is 22.2 Å². The van der Waals surface area contributed by atoms with Gasteiger partial charge in [-0.2, -0.15) is 0 Å². The topological polar surface area (TPSA) is 84.5 Å². The van der Waals surface area contributed by atoms with Crippen LogP contribution in [0.4, 0.5) is 11.4 Å². The van der Waals surface area contributed by atoms with Crippen molar-refractivity contribution in [3.8, 4) is 0 Å². The molecule has 0 fully saturated rings. The van der Waals surface area contributed by atoms with Gasteiger partial charge in [0.15, 0.2) is 0 Å². The number of hydrogen-bond acceptors (Lipinski definition) is 5. The molecular formula is C26H23ClN2O4S. The average molecular weight is 495 g/mol. The number of sulfonamides is 1. The standard InChI is InChI=1S/C26H23ClN2O4S/c1-33-26(30)17-11-9-16(10-12-17)25-20-6-4-5-19(20)21-15-18(13-14-23(21)28-25)34(31,32)29-24-8-3-2-7-22(24)27/h2-5,7-15,19-20,25,28-29H,6H2,1H3/t19-,20+,25+/m0/s1. The summed E-state index contributed by atoms with van der Waals surface area (Å²) in [4.78, 5) is 12.0. The first kappa shape index (κ1) is 22.5. The molecule has 174 valence electrons. The van der Waals surface area contributed by atoms with Gasteiger partial charge in [0.1, 0.15) is 0 Å². The molecule has 1 aliphatic carbocycles. The fourth-order valence-electron chi connectivity index (χ4n) is 4.76. The molecular weight excluding hydrogens is 472 g/mol. The molecule has 3 aromatic carbocycles. The van der Waals surface area contributed by atoms with Crippen molar-refractivity contribution in [1.82, 2.24) is 0 Å². The van der Waals surface area contributed by atoms with Crippen LogP contribution >= 0.6 is 11.6 Å². The number of rotatable bonds is 5. The molecule has 0 unspecified atom stereocenters. The maximum Gasteiger partial charge on any atom is 0.337 e. The van der Waals surface area contributed by atoms with Crippen molar-refractivity contribution >= 4 is 39.0 Å². The molecule has 0 bridgehead atoms. The molecule has 1 heterocycles. The molecule has 0 saturated carbocycles. The van der Waals surface area contributed by atoms with Gasteiger partial charge >= 0.3 is 5.97 Å². The van der Waals surface area contributed by atoms with Gasteiger partial charge in [0.05, 0.1) is 34.3 Å². The number of carbonyl (C=O) groups is 1. The number of fused-ring (bicyclic) bond motifs is 3. The highest BCUT2D eigenvalue weighted by atomic mass is 35.5. The molecule has 1 aliphatic heterocycles. The molecule has 0 radical (unpaired) electrons. The summed E-state index contributed by atoms with van der Waals surface area (Å²) in [5.74, 6) is -0.0593. The Morgan fingerprint density at radius 1 is 1.09 bits per heavy atom.